The number of aryl methyl sites for hydroxylation is 1. The number of thiophene rings is 1. The minimum atomic E-state index is -0.535. The first-order valence-electron chi connectivity index (χ1n) is 4.06. The van der Waals surface area contributed by atoms with E-state index in [9.17, 15) is 4.79 Å². The van der Waals surface area contributed by atoms with Crippen LogP contribution in [0.25, 0.3) is 0 Å². The van der Waals surface area contributed by atoms with Gasteiger partial charge < -0.3 is 0 Å². The summed E-state index contributed by atoms with van der Waals surface area (Å²) < 4.78 is 0. The molecule has 1 rings (SSSR count). The zero-order valence-electron chi connectivity index (χ0n) is 7.92. The van der Waals surface area contributed by atoms with Crippen LogP contribution in [0.4, 0.5) is 0 Å². The molecule has 0 fully saturated rings. The van der Waals surface area contributed by atoms with Gasteiger partial charge in [-0.3, -0.25) is 4.79 Å². The number of rotatable bonds is 2. The zero-order valence-corrected chi connectivity index (χ0v) is 8.73. The number of hydrogen-bond acceptors (Lipinski definition) is 3. The first-order valence-corrected chi connectivity index (χ1v) is 4.94. The maximum atomic E-state index is 11.6. The van der Waals surface area contributed by atoms with Crippen molar-refractivity contribution in [1.29, 1.82) is 5.26 Å². The highest BCUT2D eigenvalue weighted by molar-refractivity contribution is 7.10. The highest BCUT2D eigenvalue weighted by Gasteiger charge is 2.18. The van der Waals surface area contributed by atoms with Gasteiger partial charge in [-0.05, 0) is 26.3 Å². The molecule has 68 valence electrons. The van der Waals surface area contributed by atoms with Gasteiger partial charge in [-0.25, -0.2) is 0 Å². The van der Waals surface area contributed by atoms with E-state index < -0.39 is 5.92 Å². The molecule has 0 amide bonds. The Morgan fingerprint density at radius 1 is 1.62 bits per heavy atom. The van der Waals surface area contributed by atoms with Crippen LogP contribution in [-0.4, -0.2) is 5.78 Å². The maximum absolute atomic E-state index is 11.6. The second kappa shape index (κ2) is 3.71. The zero-order chi connectivity index (χ0) is 10.0. The molecule has 2 nitrogen and oxygen atoms in total. The van der Waals surface area contributed by atoms with E-state index >= 15 is 0 Å². The molecule has 0 aromatic carbocycles. The first-order chi connectivity index (χ1) is 6.07. The van der Waals surface area contributed by atoms with Gasteiger partial charge in [0.1, 0.15) is 5.92 Å². The molecule has 1 heterocycles. The molecule has 1 aromatic heterocycles. The van der Waals surface area contributed by atoms with Crippen molar-refractivity contribution >= 4 is 17.1 Å². The summed E-state index contributed by atoms with van der Waals surface area (Å²) in [5.74, 6) is -0.600. The molecule has 0 saturated carbocycles. The molecule has 1 atom stereocenters. The Hall–Kier alpha value is -1.14. The Morgan fingerprint density at radius 2 is 2.23 bits per heavy atom. The van der Waals surface area contributed by atoms with E-state index in [0.717, 1.165) is 10.4 Å². The van der Waals surface area contributed by atoms with Crippen molar-refractivity contribution in [2.45, 2.75) is 20.8 Å². The number of ketones is 1. The second-order valence-corrected chi connectivity index (χ2v) is 4.13. The lowest BCUT2D eigenvalue weighted by molar-refractivity contribution is 0.0956. The quantitative estimate of drug-likeness (QED) is 0.677. The Labute approximate surface area is 81.8 Å². The fraction of sp³-hybridized carbons (Fsp3) is 0.400. The van der Waals surface area contributed by atoms with Crippen molar-refractivity contribution in [2.24, 2.45) is 5.92 Å². The van der Waals surface area contributed by atoms with E-state index in [0.29, 0.717) is 5.56 Å². The molecule has 0 aliphatic carbocycles. The highest BCUT2D eigenvalue weighted by Crippen LogP contribution is 2.22. The molecule has 0 bridgehead atoms. The molecule has 0 spiro atoms. The minimum Gasteiger partial charge on any atom is -0.293 e. The van der Waals surface area contributed by atoms with Crippen LogP contribution in [0, 0.1) is 31.1 Å². The standard InChI is InChI=1S/C10H11NOS/c1-6(4-11)10(12)9-5-13-8(3)7(9)2/h5-6H,1-3H3. The maximum Gasteiger partial charge on any atom is 0.180 e. The van der Waals surface area contributed by atoms with Crippen LogP contribution in [0.5, 0.6) is 0 Å². The highest BCUT2D eigenvalue weighted by atomic mass is 32.1. The van der Waals surface area contributed by atoms with Gasteiger partial charge in [-0.15, -0.1) is 11.3 Å². The average Bonchev–Trinajstić information content (AvgIpc) is 2.45. The smallest absolute Gasteiger partial charge is 0.180 e. The number of nitriles is 1. The van der Waals surface area contributed by atoms with Gasteiger partial charge in [0.2, 0.25) is 0 Å². The summed E-state index contributed by atoms with van der Waals surface area (Å²) in [5, 5.41) is 10.4. The molecule has 0 aliphatic heterocycles. The van der Waals surface area contributed by atoms with Gasteiger partial charge in [0.15, 0.2) is 5.78 Å². The summed E-state index contributed by atoms with van der Waals surface area (Å²) in [6.07, 6.45) is 0. The number of nitrogens with zero attached hydrogens (tertiary/aromatic N) is 1. The van der Waals surface area contributed by atoms with Crippen LogP contribution >= 0.6 is 11.3 Å². The number of carbonyl (C=O) groups is 1. The largest absolute Gasteiger partial charge is 0.293 e. The van der Waals surface area contributed by atoms with Gasteiger partial charge in [-0.1, -0.05) is 0 Å². The normalized spacial score (nSPS) is 12.2. The molecular weight excluding hydrogens is 182 g/mol. The van der Waals surface area contributed by atoms with E-state index in [4.69, 9.17) is 5.26 Å². The summed E-state index contributed by atoms with van der Waals surface area (Å²) >= 11 is 1.56. The van der Waals surface area contributed by atoms with Gasteiger partial charge in [0.25, 0.3) is 0 Å². The summed E-state index contributed by atoms with van der Waals surface area (Å²) in [4.78, 5) is 12.7. The summed E-state index contributed by atoms with van der Waals surface area (Å²) in [6, 6.07) is 1.95. The van der Waals surface area contributed by atoms with Crippen molar-refractivity contribution < 1.29 is 4.79 Å². The Kier molecular flexibility index (Phi) is 2.84. The molecule has 3 heteroatoms. The Bertz CT molecular complexity index is 373. The van der Waals surface area contributed by atoms with Crippen molar-refractivity contribution in [1.82, 2.24) is 0 Å². The third-order valence-corrected chi connectivity index (χ3v) is 3.15. The molecule has 0 radical (unpaired) electrons. The Morgan fingerprint density at radius 3 is 2.62 bits per heavy atom. The topological polar surface area (TPSA) is 40.9 Å². The predicted octanol–water partition coefficient (Wildman–Crippen LogP) is 2.71. The lowest BCUT2D eigenvalue weighted by Crippen LogP contribution is -2.09. The monoisotopic (exact) mass is 193 g/mol. The molecule has 1 aromatic rings. The third-order valence-electron chi connectivity index (χ3n) is 2.14. The van der Waals surface area contributed by atoms with Crippen LogP contribution in [0.2, 0.25) is 0 Å². The summed E-state index contributed by atoms with van der Waals surface area (Å²) in [6.45, 7) is 5.53. The summed E-state index contributed by atoms with van der Waals surface area (Å²) in [7, 11) is 0. The Balaban J connectivity index is 3.04. The summed E-state index contributed by atoms with van der Waals surface area (Å²) in [5.41, 5.74) is 1.72. The second-order valence-electron chi connectivity index (χ2n) is 3.05. The first kappa shape index (κ1) is 9.94. The fourth-order valence-corrected chi connectivity index (χ4v) is 1.92. The van der Waals surface area contributed by atoms with E-state index in [-0.39, 0.29) is 5.78 Å². The molecule has 0 N–H and O–H groups in total. The predicted molar refractivity (Wildman–Crippen MR) is 52.9 cm³/mol. The van der Waals surface area contributed by atoms with E-state index in [1.807, 2.05) is 25.3 Å². The van der Waals surface area contributed by atoms with Crippen molar-refractivity contribution in [3.63, 3.8) is 0 Å². The number of Topliss-reactive ketones (excluding diaryl/α,β-unsaturated/α-hetero) is 1. The van der Waals surface area contributed by atoms with Crippen molar-refractivity contribution in [3.8, 4) is 6.07 Å². The lowest BCUT2D eigenvalue weighted by atomic mass is 10.00. The van der Waals surface area contributed by atoms with Gasteiger partial charge in [0, 0.05) is 15.8 Å². The molecular formula is C10H11NOS. The molecule has 1 unspecified atom stereocenters. The van der Waals surface area contributed by atoms with E-state index in [2.05, 4.69) is 0 Å². The molecule has 13 heavy (non-hydrogen) atoms. The molecule has 0 saturated heterocycles. The minimum absolute atomic E-state index is 0.0654. The van der Waals surface area contributed by atoms with Crippen molar-refractivity contribution in [3.05, 3.63) is 21.4 Å². The van der Waals surface area contributed by atoms with Gasteiger partial charge in [0.05, 0.1) is 6.07 Å². The van der Waals surface area contributed by atoms with E-state index in [1.54, 1.807) is 18.3 Å². The van der Waals surface area contributed by atoms with Crippen LogP contribution < -0.4 is 0 Å². The molecule has 0 aliphatic rings. The van der Waals surface area contributed by atoms with Crippen LogP contribution in [0.1, 0.15) is 27.7 Å². The fourth-order valence-electron chi connectivity index (χ4n) is 1.05. The SMILES string of the molecule is Cc1scc(C(=O)C(C)C#N)c1C. The van der Waals surface area contributed by atoms with Crippen LogP contribution in [0.3, 0.4) is 0 Å². The third kappa shape index (κ3) is 1.78. The number of carbonyl (C=O) groups excluding carboxylic acids is 1. The average molecular weight is 193 g/mol. The van der Waals surface area contributed by atoms with E-state index in [1.165, 1.54) is 0 Å². The van der Waals surface area contributed by atoms with Crippen molar-refractivity contribution in [2.75, 3.05) is 0 Å². The van der Waals surface area contributed by atoms with Gasteiger partial charge >= 0.3 is 0 Å². The number of hydrogen-bond donors (Lipinski definition) is 0. The van der Waals surface area contributed by atoms with Gasteiger partial charge in [-0.2, -0.15) is 5.26 Å². The lowest BCUT2D eigenvalue weighted by Gasteiger charge is -2.00. The van der Waals surface area contributed by atoms with Crippen LogP contribution in [0.15, 0.2) is 5.38 Å². The van der Waals surface area contributed by atoms with Crippen LogP contribution in [-0.2, 0) is 0 Å².